The van der Waals surface area contributed by atoms with E-state index in [9.17, 15) is 0 Å². The van der Waals surface area contributed by atoms with Crippen LogP contribution in [0.3, 0.4) is 0 Å². The molecule has 0 aliphatic heterocycles. The van der Waals surface area contributed by atoms with Gasteiger partial charge in [0.1, 0.15) is 0 Å². The Bertz CT molecular complexity index is 861. The van der Waals surface area contributed by atoms with E-state index in [4.69, 9.17) is 8.94 Å². The number of benzene rings is 1. The van der Waals surface area contributed by atoms with Crippen molar-refractivity contribution in [2.24, 2.45) is 0 Å². The average molecular weight is 280 g/mol. The van der Waals surface area contributed by atoms with Crippen molar-refractivity contribution in [2.75, 3.05) is 0 Å². The highest BCUT2D eigenvalue weighted by molar-refractivity contribution is 5.74. The SMILES string of the molecule is c1coc(-c2nc(CCn3cnc4ccccc43)no2)c1. The van der Waals surface area contributed by atoms with Gasteiger partial charge in [-0.25, -0.2) is 4.98 Å². The zero-order valence-corrected chi connectivity index (χ0v) is 11.1. The molecule has 4 rings (SSSR count). The summed E-state index contributed by atoms with van der Waals surface area (Å²) in [7, 11) is 0. The smallest absolute Gasteiger partial charge is 0.293 e. The fraction of sp³-hybridized carbons (Fsp3) is 0.133. The fourth-order valence-corrected chi connectivity index (χ4v) is 2.26. The van der Waals surface area contributed by atoms with Crippen LogP contribution in [-0.2, 0) is 13.0 Å². The molecule has 0 aliphatic rings. The van der Waals surface area contributed by atoms with Gasteiger partial charge in [0.25, 0.3) is 5.89 Å². The first-order chi connectivity index (χ1) is 10.4. The van der Waals surface area contributed by atoms with Crippen molar-refractivity contribution >= 4 is 11.0 Å². The van der Waals surface area contributed by atoms with Crippen LogP contribution >= 0.6 is 0 Å². The number of fused-ring (bicyclic) bond motifs is 1. The van der Waals surface area contributed by atoms with E-state index in [-0.39, 0.29) is 0 Å². The summed E-state index contributed by atoms with van der Waals surface area (Å²) in [6.07, 6.45) is 4.08. The molecular weight excluding hydrogens is 268 g/mol. The molecule has 6 nitrogen and oxygen atoms in total. The molecule has 0 aliphatic carbocycles. The van der Waals surface area contributed by atoms with Gasteiger partial charge in [-0.3, -0.25) is 0 Å². The Balaban J connectivity index is 1.52. The lowest BCUT2D eigenvalue weighted by Crippen LogP contribution is -2.01. The highest BCUT2D eigenvalue weighted by atomic mass is 16.5. The molecule has 0 bridgehead atoms. The van der Waals surface area contributed by atoms with Crippen LogP contribution in [0.5, 0.6) is 0 Å². The molecule has 0 saturated carbocycles. The number of hydrogen-bond acceptors (Lipinski definition) is 5. The molecule has 0 saturated heterocycles. The minimum Gasteiger partial charge on any atom is -0.459 e. The van der Waals surface area contributed by atoms with Gasteiger partial charge in [-0.1, -0.05) is 17.3 Å². The van der Waals surface area contributed by atoms with E-state index >= 15 is 0 Å². The highest BCUT2D eigenvalue weighted by Crippen LogP contribution is 2.18. The first kappa shape index (κ1) is 11.9. The quantitative estimate of drug-likeness (QED) is 0.575. The number of nitrogens with zero attached hydrogens (tertiary/aromatic N) is 4. The second-order valence-electron chi connectivity index (χ2n) is 4.67. The summed E-state index contributed by atoms with van der Waals surface area (Å²) in [5, 5.41) is 3.97. The summed E-state index contributed by atoms with van der Waals surface area (Å²) in [6, 6.07) is 11.6. The molecule has 0 radical (unpaired) electrons. The molecule has 0 amide bonds. The number of imidazole rings is 1. The van der Waals surface area contributed by atoms with Crippen LogP contribution in [0.15, 0.2) is 57.9 Å². The summed E-state index contributed by atoms with van der Waals surface area (Å²) < 4.78 is 12.5. The third-order valence-electron chi connectivity index (χ3n) is 3.30. The molecule has 104 valence electrons. The predicted molar refractivity (Wildman–Crippen MR) is 75.4 cm³/mol. The molecule has 0 fully saturated rings. The van der Waals surface area contributed by atoms with Gasteiger partial charge >= 0.3 is 0 Å². The van der Waals surface area contributed by atoms with Crippen molar-refractivity contribution < 1.29 is 8.94 Å². The van der Waals surface area contributed by atoms with Crippen molar-refractivity contribution in [1.82, 2.24) is 19.7 Å². The Kier molecular flexibility index (Phi) is 2.77. The number of aromatic nitrogens is 4. The second kappa shape index (κ2) is 4.90. The van der Waals surface area contributed by atoms with Gasteiger partial charge in [0, 0.05) is 13.0 Å². The van der Waals surface area contributed by atoms with Crippen LogP contribution in [0.25, 0.3) is 22.7 Å². The molecular formula is C15H12N4O2. The number of furan rings is 1. The predicted octanol–water partition coefficient (Wildman–Crippen LogP) is 2.92. The molecule has 21 heavy (non-hydrogen) atoms. The van der Waals surface area contributed by atoms with E-state index in [0.717, 1.165) is 17.6 Å². The Hall–Kier alpha value is -2.89. The summed E-state index contributed by atoms with van der Waals surface area (Å²) in [5.74, 6) is 1.64. The third-order valence-corrected chi connectivity index (χ3v) is 3.30. The summed E-state index contributed by atoms with van der Waals surface area (Å²) >= 11 is 0. The van der Waals surface area contributed by atoms with Crippen molar-refractivity contribution in [3.8, 4) is 11.7 Å². The molecule has 4 aromatic rings. The van der Waals surface area contributed by atoms with E-state index in [0.29, 0.717) is 23.9 Å². The fourth-order valence-electron chi connectivity index (χ4n) is 2.26. The molecule has 0 atom stereocenters. The first-order valence-electron chi connectivity index (χ1n) is 6.66. The van der Waals surface area contributed by atoms with Gasteiger partial charge < -0.3 is 13.5 Å². The molecule has 3 aromatic heterocycles. The maximum absolute atomic E-state index is 5.23. The minimum atomic E-state index is 0.408. The van der Waals surface area contributed by atoms with Crippen LogP contribution < -0.4 is 0 Å². The number of para-hydroxylation sites is 2. The normalized spacial score (nSPS) is 11.2. The van der Waals surface area contributed by atoms with E-state index < -0.39 is 0 Å². The lowest BCUT2D eigenvalue weighted by Gasteiger charge is -2.00. The Morgan fingerprint density at radius 2 is 2.05 bits per heavy atom. The maximum atomic E-state index is 5.23. The topological polar surface area (TPSA) is 69.9 Å². The maximum Gasteiger partial charge on any atom is 0.293 e. The van der Waals surface area contributed by atoms with Gasteiger partial charge in [0.2, 0.25) is 0 Å². The standard InChI is InChI=1S/C15H12N4O2/c1-2-5-12-11(4-1)16-10-19(12)8-7-14-17-15(21-18-14)13-6-3-9-20-13/h1-6,9-10H,7-8H2. The van der Waals surface area contributed by atoms with Crippen LogP contribution in [0.4, 0.5) is 0 Å². The summed E-state index contributed by atoms with van der Waals surface area (Å²) in [6.45, 7) is 0.748. The number of aryl methyl sites for hydroxylation is 2. The van der Waals surface area contributed by atoms with E-state index in [1.165, 1.54) is 0 Å². The molecule has 0 N–H and O–H groups in total. The number of rotatable bonds is 4. The molecule has 6 heteroatoms. The minimum absolute atomic E-state index is 0.408. The summed E-state index contributed by atoms with van der Waals surface area (Å²) in [5.41, 5.74) is 2.09. The summed E-state index contributed by atoms with van der Waals surface area (Å²) in [4.78, 5) is 8.69. The van der Waals surface area contributed by atoms with Crippen molar-refractivity contribution in [3.05, 3.63) is 54.8 Å². The number of hydrogen-bond donors (Lipinski definition) is 0. The third kappa shape index (κ3) is 2.20. The van der Waals surface area contributed by atoms with E-state index in [1.54, 1.807) is 18.4 Å². The Morgan fingerprint density at radius 3 is 2.95 bits per heavy atom. The Labute approximate surface area is 120 Å². The van der Waals surface area contributed by atoms with E-state index in [2.05, 4.69) is 19.7 Å². The van der Waals surface area contributed by atoms with Crippen LogP contribution in [-0.4, -0.2) is 19.7 Å². The van der Waals surface area contributed by atoms with Crippen molar-refractivity contribution in [1.29, 1.82) is 0 Å². The lowest BCUT2D eigenvalue weighted by atomic mass is 10.3. The highest BCUT2D eigenvalue weighted by Gasteiger charge is 2.11. The van der Waals surface area contributed by atoms with Gasteiger partial charge in [-0.2, -0.15) is 4.98 Å². The largest absolute Gasteiger partial charge is 0.459 e. The van der Waals surface area contributed by atoms with Gasteiger partial charge in [-0.05, 0) is 24.3 Å². The molecule has 0 spiro atoms. The van der Waals surface area contributed by atoms with Gasteiger partial charge in [0.05, 0.1) is 23.6 Å². The zero-order valence-electron chi connectivity index (χ0n) is 11.1. The van der Waals surface area contributed by atoms with Crippen LogP contribution in [0.1, 0.15) is 5.82 Å². The molecule has 1 aromatic carbocycles. The van der Waals surface area contributed by atoms with Gasteiger partial charge in [-0.15, -0.1) is 0 Å². The van der Waals surface area contributed by atoms with Crippen molar-refractivity contribution in [2.45, 2.75) is 13.0 Å². The second-order valence-corrected chi connectivity index (χ2v) is 4.67. The monoisotopic (exact) mass is 280 g/mol. The first-order valence-corrected chi connectivity index (χ1v) is 6.66. The van der Waals surface area contributed by atoms with Crippen LogP contribution in [0.2, 0.25) is 0 Å². The average Bonchev–Trinajstić information content (AvgIpc) is 3.25. The zero-order chi connectivity index (χ0) is 14.1. The lowest BCUT2D eigenvalue weighted by molar-refractivity contribution is 0.407. The molecule has 0 unspecified atom stereocenters. The van der Waals surface area contributed by atoms with E-state index in [1.807, 2.05) is 30.6 Å². The van der Waals surface area contributed by atoms with Crippen molar-refractivity contribution in [3.63, 3.8) is 0 Å². The molecule has 3 heterocycles. The Morgan fingerprint density at radius 1 is 1.10 bits per heavy atom. The van der Waals surface area contributed by atoms with Crippen LogP contribution in [0, 0.1) is 0 Å². The van der Waals surface area contributed by atoms with Gasteiger partial charge in [0.15, 0.2) is 11.6 Å².